The van der Waals surface area contributed by atoms with E-state index in [9.17, 15) is 38.4 Å². The molecular formula is C35H62N10O9. The summed E-state index contributed by atoms with van der Waals surface area (Å²) in [7, 11) is 1.25. The summed E-state index contributed by atoms with van der Waals surface area (Å²) in [4.78, 5) is 99.4. The van der Waals surface area contributed by atoms with Crippen molar-refractivity contribution in [2.24, 2.45) is 11.5 Å². The summed E-state index contributed by atoms with van der Waals surface area (Å²) in [6, 6.07) is -1.06. The Balaban J connectivity index is 1.86. The van der Waals surface area contributed by atoms with Crippen molar-refractivity contribution in [3.05, 3.63) is 0 Å². The average Bonchev–Trinajstić information content (AvgIpc) is 4.06. The highest BCUT2D eigenvalue weighted by Gasteiger charge is 2.28. The summed E-state index contributed by atoms with van der Waals surface area (Å²) in [5.41, 5.74) is 11.0. The highest BCUT2D eigenvalue weighted by Crippen LogP contribution is 2.21. The van der Waals surface area contributed by atoms with Crippen LogP contribution in [0.4, 0.5) is 4.79 Å². The Labute approximate surface area is 317 Å². The fourth-order valence-corrected chi connectivity index (χ4v) is 5.60. The minimum absolute atomic E-state index is 0.108. The number of alkyl carbamates (subject to hydrolysis) is 1. The van der Waals surface area contributed by atoms with Crippen molar-refractivity contribution in [1.82, 2.24) is 42.1 Å². The van der Waals surface area contributed by atoms with Gasteiger partial charge in [0.05, 0.1) is 19.2 Å². The van der Waals surface area contributed by atoms with E-state index in [1.165, 1.54) is 14.0 Å². The number of methoxy groups -OCH3 is 1. The van der Waals surface area contributed by atoms with Gasteiger partial charge in [0.25, 0.3) is 0 Å². The maximum atomic E-state index is 13.3. The zero-order chi connectivity index (χ0) is 39.9. The number of nitrogens with two attached hydrogens (primary N) is 2. The minimum atomic E-state index is -0.867. The molecule has 0 bridgehead atoms. The van der Waals surface area contributed by atoms with Gasteiger partial charge in [-0.2, -0.15) is 0 Å². The number of amides is 8. The summed E-state index contributed by atoms with van der Waals surface area (Å²) in [5.74, 6) is -3.23. The first-order chi connectivity index (χ1) is 25.8. The van der Waals surface area contributed by atoms with E-state index in [-0.39, 0.29) is 19.4 Å². The van der Waals surface area contributed by atoms with E-state index in [2.05, 4.69) is 42.0 Å². The third-order valence-electron chi connectivity index (χ3n) is 8.93. The molecule has 0 unspecified atom stereocenters. The highest BCUT2D eigenvalue weighted by atomic mass is 16.5. The Hall–Kier alpha value is -4.52. The second kappa shape index (κ2) is 25.5. The number of hydrogen-bond acceptors (Lipinski definition) is 11. The number of unbranched alkanes of at least 4 members (excludes halogenated alkanes) is 3. The summed E-state index contributed by atoms with van der Waals surface area (Å²) >= 11 is 0. The molecule has 2 aliphatic rings. The van der Waals surface area contributed by atoms with E-state index in [0.29, 0.717) is 83.1 Å². The van der Waals surface area contributed by atoms with Crippen LogP contribution in [-0.2, 0) is 38.3 Å². The summed E-state index contributed by atoms with van der Waals surface area (Å²) < 4.78 is 4.52. The zero-order valence-electron chi connectivity index (χ0n) is 31.8. The third-order valence-corrected chi connectivity index (χ3v) is 8.93. The molecule has 3 atom stereocenters. The number of nitrogens with one attached hydrogen (secondary N) is 7. The van der Waals surface area contributed by atoms with Crippen LogP contribution in [0.2, 0.25) is 0 Å². The Kier molecular flexibility index (Phi) is 21.5. The van der Waals surface area contributed by atoms with Gasteiger partial charge in [-0.1, -0.05) is 0 Å². The predicted molar refractivity (Wildman–Crippen MR) is 198 cm³/mol. The molecular weight excluding hydrogens is 704 g/mol. The second-order valence-electron chi connectivity index (χ2n) is 13.9. The van der Waals surface area contributed by atoms with Crippen molar-refractivity contribution in [2.75, 3.05) is 46.4 Å². The molecule has 19 nitrogen and oxygen atoms in total. The molecule has 2 fully saturated rings. The molecule has 54 heavy (non-hydrogen) atoms. The molecule has 2 rings (SSSR count). The standard InChI is InChI=1S/C35H62N10O9/c1-23(46)42-28(11-5-8-19-41-35(53)54-2)34(52)40-20-16-31(49)45(21-29(47)38-17-6-3-9-26(32(36)50)43-24-12-13-24)22-30(48)39-18-7-4-10-27(33(37)51)44-25-14-15-25/h24-28,43-44H,3-22H2,1-2H3,(H2,36,50)(H2,37,51)(H,38,47)(H,39,48)(H,40,52)(H,41,53)(H,42,46)/t26-,27-,28-/m0/s1. The van der Waals surface area contributed by atoms with Crippen LogP contribution in [0.25, 0.3) is 0 Å². The molecule has 0 aromatic heterocycles. The number of rotatable bonds is 30. The van der Waals surface area contributed by atoms with Gasteiger partial charge in [-0.25, -0.2) is 4.79 Å². The van der Waals surface area contributed by atoms with Crippen LogP contribution < -0.4 is 48.7 Å². The van der Waals surface area contributed by atoms with Gasteiger partial charge >= 0.3 is 6.09 Å². The van der Waals surface area contributed by atoms with Crippen LogP contribution in [0.15, 0.2) is 0 Å². The SMILES string of the molecule is COC(=O)NCCCC[C@H](NC(C)=O)C(=O)NCCC(=O)N(CC(=O)NCCCC[C@H](NC1CC1)C(N)=O)CC(=O)NCCCC[C@H](NC1CC1)C(N)=O. The molecule has 0 aliphatic heterocycles. The molecule has 11 N–H and O–H groups in total. The van der Waals surface area contributed by atoms with E-state index in [0.717, 1.165) is 30.6 Å². The van der Waals surface area contributed by atoms with Gasteiger partial charge in [-0.05, 0) is 83.5 Å². The first kappa shape index (κ1) is 45.6. The van der Waals surface area contributed by atoms with Crippen molar-refractivity contribution in [2.45, 2.75) is 127 Å². The molecule has 0 spiro atoms. The van der Waals surface area contributed by atoms with Gasteiger partial charge in [0.2, 0.25) is 41.4 Å². The van der Waals surface area contributed by atoms with E-state index in [4.69, 9.17) is 11.5 Å². The van der Waals surface area contributed by atoms with Crippen LogP contribution in [0.1, 0.15) is 96.8 Å². The maximum Gasteiger partial charge on any atom is 0.406 e. The van der Waals surface area contributed by atoms with Crippen molar-refractivity contribution in [3.63, 3.8) is 0 Å². The van der Waals surface area contributed by atoms with E-state index in [1.54, 1.807) is 0 Å². The first-order valence-electron chi connectivity index (χ1n) is 19.1. The molecule has 306 valence electrons. The number of carbonyl (C=O) groups excluding carboxylic acids is 8. The Morgan fingerprint density at radius 3 is 1.48 bits per heavy atom. The summed E-state index contributed by atoms with van der Waals surface area (Å²) in [6.07, 6.45) is 8.12. The van der Waals surface area contributed by atoms with Crippen LogP contribution in [0.3, 0.4) is 0 Å². The van der Waals surface area contributed by atoms with E-state index >= 15 is 0 Å². The van der Waals surface area contributed by atoms with Gasteiger partial charge in [0.1, 0.15) is 19.1 Å². The van der Waals surface area contributed by atoms with Crippen LogP contribution in [0.5, 0.6) is 0 Å². The molecule has 2 saturated carbocycles. The summed E-state index contributed by atoms with van der Waals surface area (Å²) in [6.45, 7) is 1.30. The van der Waals surface area contributed by atoms with Crippen molar-refractivity contribution < 1.29 is 43.1 Å². The van der Waals surface area contributed by atoms with Gasteiger partial charge in [0.15, 0.2) is 0 Å². The van der Waals surface area contributed by atoms with Gasteiger partial charge in [-0.15, -0.1) is 0 Å². The van der Waals surface area contributed by atoms with E-state index < -0.39 is 78.7 Å². The van der Waals surface area contributed by atoms with Crippen molar-refractivity contribution in [1.29, 1.82) is 0 Å². The fraction of sp³-hybridized carbons (Fsp3) is 0.771. The topological polar surface area (TPSA) is 285 Å². The maximum absolute atomic E-state index is 13.3. The minimum Gasteiger partial charge on any atom is -0.453 e. The van der Waals surface area contributed by atoms with Crippen molar-refractivity contribution >= 4 is 47.4 Å². The third kappa shape index (κ3) is 21.2. The lowest BCUT2D eigenvalue weighted by atomic mass is 10.1. The number of carbonyl (C=O) groups is 8. The van der Waals surface area contributed by atoms with E-state index in [1.807, 2.05) is 0 Å². The lowest BCUT2D eigenvalue weighted by Crippen LogP contribution is -2.48. The Bertz CT molecular complexity index is 1210. The van der Waals surface area contributed by atoms with Crippen LogP contribution in [0, 0.1) is 0 Å². The number of hydrogen-bond donors (Lipinski definition) is 9. The second-order valence-corrected chi connectivity index (χ2v) is 13.9. The largest absolute Gasteiger partial charge is 0.453 e. The first-order valence-corrected chi connectivity index (χ1v) is 19.1. The molecule has 0 aromatic carbocycles. The number of ether oxygens (including phenoxy) is 1. The summed E-state index contributed by atoms with van der Waals surface area (Å²) in [5, 5.41) is 19.7. The quantitative estimate of drug-likeness (QED) is 0.0366. The average molecular weight is 767 g/mol. The van der Waals surface area contributed by atoms with Gasteiger partial charge in [-0.3, -0.25) is 33.6 Å². The highest BCUT2D eigenvalue weighted by molar-refractivity contribution is 5.90. The van der Waals surface area contributed by atoms with Gasteiger partial charge in [0, 0.05) is 51.6 Å². The Morgan fingerprint density at radius 1 is 0.630 bits per heavy atom. The lowest BCUT2D eigenvalue weighted by Gasteiger charge is -2.23. The van der Waals surface area contributed by atoms with Gasteiger partial charge < -0.3 is 58.3 Å². The smallest absolute Gasteiger partial charge is 0.406 e. The zero-order valence-corrected chi connectivity index (χ0v) is 31.8. The molecule has 0 saturated heterocycles. The Morgan fingerprint density at radius 2 is 1.07 bits per heavy atom. The molecule has 19 heteroatoms. The van der Waals surface area contributed by atoms with Crippen LogP contribution in [-0.4, -0.2) is 129 Å². The number of nitrogens with zero attached hydrogens (tertiary/aromatic N) is 1. The van der Waals surface area contributed by atoms with Crippen molar-refractivity contribution in [3.8, 4) is 0 Å². The predicted octanol–water partition coefficient (Wildman–Crippen LogP) is -1.86. The lowest BCUT2D eigenvalue weighted by molar-refractivity contribution is -0.139. The normalized spacial score (nSPS) is 15.1. The molecule has 2 aliphatic carbocycles. The fourth-order valence-electron chi connectivity index (χ4n) is 5.60. The molecule has 0 aromatic rings. The molecule has 8 amide bonds. The van der Waals surface area contributed by atoms with Crippen LogP contribution >= 0.6 is 0 Å². The molecule has 0 heterocycles. The monoisotopic (exact) mass is 766 g/mol. The molecule has 0 radical (unpaired) electrons. The number of primary amides is 2.